The van der Waals surface area contributed by atoms with Crippen LogP contribution in [0.3, 0.4) is 0 Å². The van der Waals surface area contributed by atoms with Crippen LogP contribution in [0, 0.1) is 0 Å². The van der Waals surface area contributed by atoms with E-state index in [1.54, 1.807) is 12.1 Å². The van der Waals surface area contributed by atoms with E-state index >= 15 is 0 Å². The van der Waals surface area contributed by atoms with E-state index in [0.717, 1.165) is 18.4 Å². The molecule has 5 nitrogen and oxygen atoms in total. The largest absolute Gasteiger partial charge is 0.493 e. The van der Waals surface area contributed by atoms with Gasteiger partial charge in [0.15, 0.2) is 11.5 Å². The second-order valence-corrected chi connectivity index (χ2v) is 4.72. The first kappa shape index (κ1) is 12.7. The molecule has 1 aromatic rings. The number of methoxy groups -OCH3 is 2. The van der Waals surface area contributed by atoms with Crippen molar-refractivity contribution < 1.29 is 19.4 Å². The van der Waals surface area contributed by atoms with Gasteiger partial charge in [0.05, 0.1) is 14.2 Å². The number of nitrogens with two attached hydrogens (primary N) is 1. The molecule has 0 saturated heterocycles. The fraction of sp³-hybridized carbons (Fsp3) is 0.462. The Morgan fingerprint density at radius 2 is 2.06 bits per heavy atom. The van der Waals surface area contributed by atoms with E-state index in [4.69, 9.17) is 15.2 Å². The highest BCUT2D eigenvalue weighted by atomic mass is 16.5. The summed E-state index contributed by atoms with van der Waals surface area (Å²) in [6.07, 6.45) is 2.61. The van der Waals surface area contributed by atoms with Gasteiger partial charge in [0.1, 0.15) is 5.56 Å². The van der Waals surface area contributed by atoms with Gasteiger partial charge in [-0.3, -0.25) is 0 Å². The Bertz CT molecular complexity index is 480. The number of benzene rings is 1. The van der Waals surface area contributed by atoms with Crippen LogP contribution in [0.25, 0.3) is 0 Å². The van der Waals surface area contributed by atoms with Crippen molar-refractivity contribution in [2.75, 3.05) is 14.2 Å². The number of carbonyl (C=O) groups is 1. The van der Waals surface area contributed by atoms with Gasteiger partial charge in [-0.15, -0.1) is 0 Å². The lowest BCUT2D eigenvalue weighted by Gasteiger charge is -2.15. The molecule has 1 aromatic carbocycles. The van der Waals surface area contributed by atoms with Crippen LogP contribution in [-0.2, 0) is 6.42 Å². The van der Waals surface area contributed by atoms with Gasteiger partial charge < -0.3 is 20.3 Å². The van der Waals surface area contributed by atoms with Crippen LogP contribution in [-0.4, -0.2) is 30.8 Å². The summed E-state index contributed by atoms with van der Waals surface area (Å²) in [6.45, 7) is 0. The Morgan fingerprint density at radius 3 is 2.50 bits per heavy atom. The molecule has 0 amide bonds. The predicted molar refractivity (Wildman–Crippen MR) is 66.4 cm³/mol. The van der Waals surface area contributed by atoms with Crippen LogP contribution in [0.5, 0.6) is 11.5 Å². The molecule has 0 unspecified atom stereocenters. The lowest BCUT2D eigenvalue weighted by Crippen LogP contribution is -2.24. The summed E-state index contributed by atoms with van der Waals surface area (Å²) in [4.78, 5) is 11.2. The van der Waals surface area contributed by atoms with E-state index in [0.29, 0.717) is 12.2 Å². The van der Waals surface area contributed by atoms with Gasteiger partial charge in [0, 0.05) is 5.54 Å². The average molecular weight is 251 g/mol. The minimum Gasteiger partial charge on any atom is -0.493 e. The van der Waals surface area contributed by atoms with Crippen molar-refractivity contribution >= 4 is 5.97 Å². The van der Waals surface area contributed by atoms with Crippen LogP contribution in [0.1, 0.15) is 28.8 Å². The van der Waals surface area contributed by atoms with Gasteiger partial charge in [0.2, 0.25) is 0 Å². The molecule has 0 radical (unpaired) electrons. The minimum atomic E-state index is -1.03. The molecule has 0 aromatic heterocycles. The Balaban J connectivity index is 2.42. The molecule has 0 heterocycles. The molecule has 98 valence electrons. The number of hydrogen-bond donors (Lipinski definition) is 2. The van der Waals surface area contributed by atoms with Gasteiger partial charge in [-0.05, 0) is 37.0 Å². The molecule has 1 saturated carbocycles. The first-order valence-electron chi connectivity index (χ1n) is 5.76. The molecule has 3 N–H and O–H groups in total. The average Bonchev–Trinajstić information content (AvgIpc) is 3.05. The lowest BCUT2D eigenvalue weighted by atomic mass is 10.0. The smallest absolute Gasteiger partial charge is 0.339 e. The lowest BCUT2D eigenvalue weighted by molar-refractivity contribution is 0.0692. The third-order valence-corrected chi connectivity index (χ3v) is 3.22. The quantitative estimate of drug-likeness (QED) is 0.827. The second kappa shape index (κ2) is 4.49. The van der Waals surface area contributed by atoms with Gasteiger partial charge in [0.25, 0.3) is 0 Å². The maximum atomic E-state index is 11.2. The summed E-state index contributed by atoms with van der Waals surface area (Å²) in [5.74, 6) is -0.360. The zero-order valence-corrected chi connectivity index (χ0v) is 10.5. The zero-order chi connectivity index (χ0) is 13.3. The van der Waals surface area contributed by atoms with Crippen molar-refractivity contribution in [1.29, 1.82) is 0 Å². The SMILES string of the molecule is COc1cc(CC2(N)CC2)cc(C(=O)O)c1OC. The van der Waals surface area contributed by atoms with Crippen molar-refractivity contribution in [2.45, 2.75) is 24.8 Å². The van der Waals surface area contributed by atoms with Crippen molar-refractivity contribution in [3.8, 4) is 11.5 Å². The summed E-state index contributed by atoms with van der Waals surface area (Å²) in [5.41, 5.74) is 6.85. The number of ether oxygens (including phenoxy) is 2. The molecule has 2 rings (SSSR count). The molecule has 0 aliphatic heterocycles. The first-order valence-corrected chi connectivity index (χ1v) is 5.76. The predicted octanol–water partition coefficient (Wildman–Crippen LogP) is 1.44. The van der Waals surface area contributed by atoms with E-state index in [1.807, 2.05) is 0 Å². The molecule has 0 bridgehead atoms. The van der Waals surface area contributed by atoms with Crippen molar-refractivity contribution in [1.82, 2.24) is 0 Å². The first-order chi connectivity index (χ1) is 8.49. The van der Waals surface area contributed by atoms with Gasteiger partial charge in [-0.2, -0.15) is 0 Å². The van der Waals surface area contributed by atoms with Gasteiger partial charge in [-0.1, -0.05) is 0 Å². The summed E-state index contributed by atoms with van der Waals surface area (Å²) >= 11 is 0. The highest BCUT2D eigenvalue weighted by Gasteiger charge is 2.38. The molecule has 1 aliphatic rings. The van der Waals surface area contributed by atoms with Gasteiger partial charge in [-0.25, -0.2) is 4.79 Å². The van der Waals surface area contributed by atoms with Crippen LogP contribution in [0.2, 0.25) is 0 Å². The molecule has 18 heavy (non-hydrogen) atoms. The summed E-state index contributed by atoms with van der Waals surface area (Å²) < 4.78 is 10.3. The number of rotatable bonds is 5. The van der Waals surface area contributed by atoms with E-state index in [1.165, 1.54) is 14.2 Å². The molecule has 0 atom stereocenters. The van der Waals surface area contributed by atoms with Crippen molar-refractivity contribution in [3.05, 3.63) is 23.3 Å². The third-order valence-electron chi connectivity index (χ3n) is 3.22. The van der Waals surface area contributed by atoms with Crippen molar-refractivity contribution in [3.63, 3.8) is 0 Å². The highest BCUT2D eigenvalue weighted by Crippen LogP contribution is 2.39. The normalized spacial score (nSPS) is 16.2. The number of carboxylic acids is 1. The Kier molecular flexibility index (Phi) is 3.17. The fourth-order valence-corrected chi connectivity index (χ4v) is 2.03. The van der Waals surface area contributed by atoms with Crippen molar-refractivity contribution in [2.24, 2.45) is 5.73 Å². The van der Waals surface area contributed by atoms with Crippen LogP contribution in [0.15, 0.2) is 12.1 Å². The van der Waals surface area contributed by atoms with Crippen LogP contribution < -0.4 is 15.2 Å². The monoisotopic (exact) mass is 251 g/mol. The number of hydrogen-bond acceptors (Lipinski definition) is 4. The van der Waals surface area contributed by atoms with E-state index in [2.05, 4.69) is 0 Å². The van der Waals surface area contributed by atoms with E-state index < -0.39 is 5.97 Å². The Morgan fingerprint density at radius 1 is 1.39 bits per heavy atom. The topological polar surface area (TPSA) is 81.8 Å². The molecule has 1 aliphatic carbocycles. The molecule has 5 heteroatoms. The van der Waals surface area contributed by atoms with Crippen LogP contribution >= 0.6 is 0 Å². The second-order valence-electron chi connectivity index (χ2n) is 4.72. The summed E-state index contributed by atoms with van der Waals surface area (Å²) in [5, 5.41) is 9.19. The Labute approximate surface area is 106 Å². The molecule has 0 spiro atoms. The van der Waals surface area contributed by atoms with E-state index in [9.17, 15) is 9.90 Å². The summed E-state index contributed by atoms with van der Waals surface area (Å²) in [7, 11) is 2.91. The maximum absolute atomic E-state index is 11.2. The molecular formula is C13H17NO4. The molecular weight excluding hydrogens is 234 g/mol. The highest BCUT2D eigenvalue weighted by molar-refractivity contribution is 5.92. The van der Waals surface area contributed by atoms with E-state index in [-0.39, 0.29) is 16.9 Å². The van der Waals surface area contributed by atoms with Gasteiger partial charge >= 0.3 is 5.97 Å². The minimum absolute atomic E-state index is 0.108. The maximum Gasteiger partial charge on any atom is 0.339 e. The fourth-order valence-electron chi connectivity index (χ4n) is 2.03. The number of carboxylic acid groups (broad SMARTS) is 1. The molecule has 1 fully saturated rings. The zero-order valence-electron chi connectivity index (χ0n) is 10.5. The third kappa shape index (κ3) is 2.41. The summed E-state index contributed by atoms with van der Waals surface area (Å²) in [6, 6.07) is 3.40. The standard InChI is InChI=1S/C13H17NO4/c1-17-10-6-8(7-13(14)3-4-13)5-9(12(15)16)11(10)18-2/h5-6H,3-4,7,14H2,1-2H3,(H,15,16). The van der Waals surface area contributed by atoms with Crippen LogP contribution in [0.4, 0.5) is 0 Å². The Hall–Kier alpha value is -1.75. The number of aromatic carboxylic acids is 1.